The van der Waals surface area contributed by atoms with Crippen molar-refractivity contribution in [2.24, 2.45) is 0 Å². The van der Waals surface area contributed by atoms with Gasteiger partial charge in [0, 0.05) is 4.43 Å². The third kappa shape index (κ3) is 31.5. The van der Waals surface area contributed by atoms with Gasteiger partial charge in [0.1, 0.15) is 0 Å². The lowest BCUT2D eigenvalue weighted by Crippen LogP contribution is -1.99. The van der Waals surface area contributed by atoms with Crippen molar-refractivity contribution >= 4 is 22.6 Å². The molecule has 0 aromatic heterocycles. The van der Waals surface area contributed by atoms with Crippen LogP contribution in [-0.2, 0) is 4.74 Å². The molecule has 0 fully saturated rings. The summed E-state index contributed by atoms with van der Waals surface area (Å²) in [7, 11) is 6.00. The normalized spacial score (nSPS) is 9.17. The van der Waals surface area contributed by atoms with E-state index in [1.165, 1.54) is 0 Å². The number of hydrogen-bond acceptors (Lipinski definition) is 2. The number of halogens is 1. The van der Waals surface area contributed by atoms with Gasteiger partial charge in [-0.2, -0.15) is 0 Å². The Hall–Kier alpha value is 0.390. The van der Waals surface area contributed by atoms with E-state index >= 15 is 0 Å². The molecule has 0 atom stereocenters. The van der Waals surface area contributed by atoms with Crippen LogP contribution in [-0.4, -0.2) is 43.7 Å². The zero-order valence-electron chi connectivity index (χ0n) is 8.56. The Morgan fingerprint density at radius 1 is 1.42 bits per heavy atom. The second-order valence-corrected chi connectivity index (χ2v) is 4.12. The van der Waals surface area contributed by atoms with E-state index in [4.69, 9.17) is 4.74 Å². The second-order valence-electron chi connectivity index (χ2n) is 3.04. The van der Waals surface area contributed by atoms with Crippen molar-refractivity contribution in [1.82, 2.24) is 4.90 Å². The third-order valence-corrected chi connectivity index (χ3v) is 1.01. The Morgan fingerprint density at radius 3 is 2.08 bits per heavy atom. The second kappa shape index (κ2) is 11.4. The molecule has 2 nitrogen and oxygen atoms in total. The van der Waals surface area contributed by atoms with Crippen molar-refractivity contribution < 1.29 is 4.74 Å². The van der Waals surface area contributed by atoms with Gasteiger partial charge >= 0.3 is 0 Å². The molecule has 0 aliphatic heterocycles. The summed E-state index contributed by atoms with van der Waals surface area (Å²) >= 11 is 2.28. The molecule has 0 aliphatic rings. The van der Waals surface area contributed by atoms with Crippen molar-refractivity contribution in [2.45, 2.75) is 6.92 Å². The van der Waals surface area contributed by atoms with Gasteiger partial charge in [-0.25, -0.2) is 0 Å². The smallest absolute Gasteiger partial charge is 0.0671 e. The Balaban J connectivity index is 0. The van der Waals surface area contributed by atoms with Gasteiger partial charge in [0.05, 0.1) is 13.2 Å². The SMILES string of the molecule is C=C(C)COCCI.CN(C)C. The minimum Gasteiger partial charge on any atom is -0.376 e. The molecule has 3 heteroatoms. The lowest BCUT2D eigenvalue weighted by atomic mass is 10.4. The maximum absolute atomic E-state index is 5.14. The first-order valence-electron chi connectivity index (χ1n) is 3.89. The highest BCUT2D eigenvalue weighted by molar-refractivity contribution is 14.1. The van der Waals surface area contributed by atoms with Crippen LogP contribution in [0.1, 0.15) is 6.92 Å². The molecule has 0 heterocycles. The van der Waals surface area contributed by atoms with Gasteiger partial charge in [-0.05, 0) is 28.1 Å². The Morgan fingerprint density at radius 2 is 1.83 bits per heavy atom. The van der Waals surface area contributed by atoms with Crippen molar-refractivity contribution in [3.63, 3.8) is 0 Å². The summed E-state index contributed by atoms with van der Waals surface area (Å²) in [5.41, 5.74) is 1.09. The van der Waals surface area contributed by atoms with Crippen LogP contribution >= 0.6 is 22.6 Å². The van der Waals surface area contributed by atoms with E-state index in [-0.39, 0.29) is 0 Å². The highest BCUT2D eigenvalue weighted by Crippen LogP contribution is 1.89. The summed E-state index contributed by atoms with van der Waals surface area (Å²) in [5.74, 6) is 0. The monoisotopic (exact) mass is 285 g/mol. The van der Waals surface area contributed by atoms with Crippen LogP contribution in [0.25, 0.3) is 0 Å². The summed E-state index contributed by atoms with van der Waals surface area (Å²) in [6, 6.07) is 0. The van der Waals surface area contributed by atoms with Crippen LogP contribution in [0.3, 0.4) is 0 Å². The van der Waals surface area contributed by atoms with Gasteiger partial charge in [-0.15, -0.1) is 0 Å². The van der Waals surface area contributed by atoms with Crippen LogP contribution in [0.2, 0.25) is 0 Å². The lowest BCUT2D eigenvalue weighted by Gasteiger charge is -1.97. The maximum atomic E-state index is 5.14. The molecule has 0 spiro atoms. The highest BCUT2D eigenvalue weighted by atomic mass is 127. The predicted molar refractivity (Wildman–Crippen MR) is 64.1 cm³/mol. The van der Waals surface area contributed by atoms with E-state index in [2.05, 4.69) is 29.2 Å². The summed E-state index contributed by atoms with van der Waals surface area (Å²) in [6.07, 6.45) is 0. The van der Waals surface area contributed by atoms with E-state index in [0.717, 1.165) is 16.6 Å². The van der Waals surface area contributed by atoms with Gasteiger partial charge in [-0.1, -0.05) is 34.7 Å². The highest BCUT2D eigenvalue weighted by Gasteiger charge is 1.83. The summed E-state index contributed by atoms with van der Waals surface area (Å²) in [6.45, 7) is 7.22. The fourth-order valence-electron chi connectivity index (χ4n) is 0.301. The number of alkyl halides is 1. The third-order valence-electron chi connectivity index (χ3n) is 0.570. The molecule has 0 rings (SSSR count). The molecule has 0 saturated heterocycles. The van der Waals surface area contributed by atoms with Crippen LogP contribution in [0.5, 0.6) is 0 Å². The average Bonchev–Trinajstić information content (AvgIpc) is 1.86. The Labute approximate surface area is 90.1 Å². The minimum atomic E-state index is 0.711. The zero-order valence-corrected chi connectivity index (χ0v) is 10.7. The number of nitrogens with zero attached hydrogens (tertiary/aromatic N) is 1. The van der Waals surface area contributed by atoms with Crippen LogP contribution in [0.4, 0.5) is 0 Å². The quantitative estimate of drug-likeness (QED) is 0.340. The van der Waals surface area contributed by atoms with E-state index in [0.29, 0.717) is 6.61 Å². The molecule has 0 amide bonds. The minimum absolute atomic E-state index is 0.711. The molecule has 0 bridgehead atoms. The molecule has 0 aromatic rings. The van der Waals surface area contributed by atoms with Gasteiger partial charge in [0.25, 0.3) is 0 Å². The molecular weight excluding hydrogens is 265 g/mol. The van der Waals surface area contributed by atoms with Crippen molar-refractivity contribution in [3.8, 4) is 0 Å². The first kappa shape index (κ1) is 14.9. The first-order chi connectivity index (χ1) is 5.50. The standard InChI is InChI=1S/C6H11IO.C3H9N/c1-6(2)5-8-4-3-7;1-4(2)3/h1,3-5H2,2H3;1-3H3. The summed E-state index contributed by atoms with van der Waals surface area (Å²) in [4.78, 5) is 2.00. The van der Waals surface area contributed by atoms with E-state index in [1.54, 1.807) is 0 Å². The van der Waals surface area contributed by atoms with Crippen LogP contribution in [0, 0.1) is 0 Å². The zero-order chi connectivity index (χ0) is 9.98. The molecule has 12 heavy (non-hydrogen) atoms. The first-order valence-corrected chi connectivity index (χ1v) is 5.42. The van der Waals surface area contributed by atoms with Crippen molar-refractivity contribution in [3.05, 3.63) is 12.2 Å². The molecule has 0 saturated carbocycles. The summed E-state index contributed by atoms with van der Waals surface area (Å²) < 4.78 is 6.20. The molecule has 0 N–H and O–H groups in total. The number of ether oxygens (including phenoxy) is 1. The van der Waals surface area contributed by atoms with Crippen LogP contribution < -0.4 is 0 Å². The fourth-order valence-corrected chi connectivity index (χ4v) is 0.612. The largest absolute Gasteiger partial charge is 0.376 e. The average molecular weight is 285 g/mol. The molecule has 0 radical (unpaired) electrons. The fraction of sp³-hybridized carbons (Fsp3) is 0.778. The molecule has 0 aliphatic carbocycles. The number of hydrogen-bond donors (Lipinski definition) is 0. The van der Waals surface area contributed by atoms with Crippen molar-refractivity contribution in [1.29, 1.82) is 0 Å². The molecule has 0 unspecified atom stereocenters. The number of rotatable bonds is 4. The van der Waals surface area contributed by atoms with Crippen molar-refractivity contribution in [2.75, 3.05) is 38.8 Å². The van der Waals surface area contributed by atoms with Gasteiger partial charge in [0.2, 0.25) is 0 Å². The van der Waals surface area contributed by atoms with E-state index in [9.17, 15) is 0 Å². The lowest BCUT2D eigenvalue weighted by molar-refractivity contribution is 0.175. The predicted octanol–water partition coefficient (Wildman–Crippen LogP) is 2.19. The van der Waals surface area contributed by atoms with E-state index in [1.807, 2.05) is 33.0 Å². The van der Waals surface area contributed by atoms with Gasteiger partial charge < -0.3 is 9.64 Å². The molecule has 74 valence electrons. The Bertz CT molecular complexity index is 102. The Kier molecular flexibility index (Phi) is 14.1. The van der Waals surface area contributed by atoms with Gasteiger partial charge in [0.15, 0.2) is 0 Å². The van der Waals surface area contributed by atoms with E-state index < -0.39 is 0 Å². The molecular formula is C9H20INO. The molecule has 0 aromatic carbocycles. The summed E-state index contributed by atoms with van der Waals surface area (Å²) in [5, 5.41) is 0. The van der Waals surface area contributed by atoms with Crippen LogP contribution in [0.15, 0.2) is 12.2 Å². The van der Waals surface area contributed by atoms with Gasteiger partial charge in [-0.3, -0.25) is 0 Å². The topological polar surface area (TPSA) is 12.5 Å². The maximum Gasteiger partial charge on any atom is 0.0671 e.